The number of hydrogen-bond acceptors (Lipinski definition) is 3. The second-order valence-electron chi connectivity index (χ2n) is 3.39. The van der Waals surface area contributed by atoms with Crippen LogP contribution in [0.3, 0.4) is 0 Å². The topological polar surface area (TPSA) is 35.5 Å². The van der Waals surface area contributed by atoms with Gasteiger partial charge in [0, 0.05) is 16.5 Å². The largest absolute Gasteiger partial charge is 0.493 e. The molecular formula is C12H11BrO3. The van der Waals surface area contributed by atoms with Crippen LogP contribution in [0.4, 0.5) is 0 Å². The summed E-state index contributed by atoms with van der Waals surface area (Å²) in [6, 6.07) is 5.59. The van der Waals surface area contributed by atoms with Crippen molar-refractivity contribution in [3.8, 4) is 5.75 Å². The summed E-state index contributed by atoms with van der Waals surface area (Å²) < 4.78 is 11.3. The molecule has 4 heteroatoms. The number of hydrogen-bond donors (Lipinski definition) is 0. The first-order chi connectivity index (χ1) is 7.72. The van der Waals surface area contributed by atoms with Crippen molar-refractivity contribution in [3.05, 3.63) is 34.3 Å². The summed E-state index contributed by atoms with van der Waals surface area (Å²) in [4.78, 5) is 11.6. The summed E-state index contributed by atoms with van der Waals surface area (Å²) in [5.74, 6) is 0.387. The highest BCUT2D eigenvalue weighted by molar-refractivity contribution is 9.10. The second-order valence-corrected chi connectivity index (χ2v) is 4.30. The Morgan fingerprint density at radius 2 is 2.31 bits per heavy atom. The third-order valence-corrected chi connectivity index (χ3v) is 2.86. The van der Waals surface area contributed by atoms with E-state index in [4.69, 9.17) is 9.47 Å². The molecule has 0 unspecified atom stereocenters. The zero-order valence-electron chi connectivity index (χ0n) is 8.83. The second kappa shape index (κ2) is 4.70. The Balaban J connectivity index is 2.49. The third kappa shape index (κ3) is 2.11. The molecule has 0 saturated carbocycles. The van der Waals surface area contributed by atoms with Crippen LogP contribution in [-0.4, -0.2) is 19.7 Å². The fraction of sp³-hybridized carbons (Fsp3) is 0.250. The molecule has 1 aromatic carbocycles. The standard InChI is InChI=1S/C12H11BrO3/c1-15-12(14)10-3-2-6-16-11-7-8(13)4-5-9(10)11/h3-5,7H,2,6H2,1H3. The van der Waals surface area contributed by atoms with Crippen LogP contribution in [0.2, 0.25) is 0 Å². The highest BCUT2D eigenvalue weighted by atomic mass is 79.9. The molecule has 2 rings (SSSR count). The zero-order valence-corrected chi connectivity index (χ0v) is 10.4. The first-order valence-electron chi connectivity index (χ1n) is 4.93. The molecule has 0 atom stereocenters. The molecule has 1 aliphatic rings. The first kappa shape index (κ1) is 11.2. The minimum Gasteiger partial charge on any atom is -0.493 e. The predicted octanol–water partition coefficient (Wildman–Crippen LogP) is 2.79. The SMILES string of the molecule is COC(=O)C1=CCCOc2cc(Br)ccc21. The lowest BCUT2D eigenvalue weighted by atomic mass is 10.0. The number of ether oxygens (including phenoxy) is 2. The zero-order chi connectivity index (χ0) is 11.5. The maximum Gasteiger partial charge on any atom is 0.338 e. The average molecular weight is 283 g/mol. The number of rotatable bonds is 1. The van der Waals surface area contributed by atoms with Gasteiger partial charge in [-0.1, -0.05) is 22.0 Å². The van der Waals surface area contributed by atoms with Gasteiger partial charge in [0.2, 0.25) is 0 Å². The van der Waals surface area contributed by atoms with E-state index >= 15 is 0 Å². The van der Waals surface area contributed by atoms with E-state index in [1.165, 1.54) is 7.11 Å². The van der Waals surface area contributed by atoms with Gasteiger partial charge in [-0.25, -0.2) is 4.79 Å². The number of carbonyl (C=O) groups excluding carboxylic acids is 1. The molecule has 0 aliphatic carbocycles. The maximum atomic E-state index is 11.6. The molecular weight excluding hydrogens is 272 g/mol. The van der Waals surface area contributed by atoms with Gasteiger partial charge in [0.1, 0.15) is 5.75 Å². The van der Waals surface area contributed by atoms with E-state index in [1.807, 2.05) is 24.3 Å². The number of methoxy groups -OCH3 is 1. The number of halogens is 1. The van der Waals surface area contributed by atoms with E-state index in [1.54, 1.807) is 0 Å². The number of fused-ring (bicyclic) bond motifs is 1. The molecule has 16 heavy (non-hydrogen) atoms. The Kier molecular flexibility index (Phi) is 3.29. The summed E-state index contributed by atoms with van der Waals surface area (Å²) in [6.07, 6.45) is 2.56. The van der Waals surface area contributed by atoms with Crippen LogP contribution in [0.15, 0.2) is 28.7 Å². The lowest BCUT2D eigenvalue weighted by molar-refractivity contribution is -0.133. The Hall–Kier alpha value is -1.29. The van der Waals surface area contributed by atoms with E-state index in [0.717, 1.165) is 10.0 Å². The molecule has 0 amide bonds. The summed E-state index contributed by atoms with van der Waals surface area (Å²) in [5.41, 5.74) is 1.36. The Labute approximate surface area is 102 Å². The summed E-state index contributed by atoms with van der Waals surface area (Å²) in [6.45, 7) is 0.573. The van der Waals surface area contributed by atoms with E-state index in [0.29, 0.717) is 24.4 Å². The molecule has 0 spiro atoms. The minimum absolute atomic E-state index is 0.325. The smallest absolute Gasteiger partial charge is 0.338 e. The van der Waals surface area contributed by atoms with Crippen LogP contribution in [0, 0.1) is 0 Å². The summed E-state index contributed by atoms with van der Waals surface area (Å²) in [7, 11) is 1.38. The molecule has 0 aromatic heterocycles. The monoisotopic (exact) mass is 282 g/mol. The third-order valence-electron chi connectivity index (χ3n) is 2.36. The quantitative estimate of drug-likeness (QED) is 0.743. The molecule has 1 heterocycles. The lowest BCUT2D eigenvalue weighted by Gasteiger charge is -2.09. The lowest BCUT2D eigenvalue weighted by Crippen LogP contribution is -2.04. The number of esters is 1. The molecule has 84 valence electrons. The number of benzene rings is 1. The fourth-order valence-electron chi connectivity index (χ4n) is 1.62. The van der Waals surface area contributed by atoms with Crippen molar-refractivity contribution in [2.75, 3.05) is 13.7 Å². The van der Waals surface area contributed by atoms with Crippen molar-refractivity contribution < 1.29 is 14.3 Å². The average Bonchev–Trinajstić information content (AvgIpc) is 2.49. The van der Waals surface area contributed by atoms with Crippen molar-refractivity contribution in [1.29, 1.82) is 0 Å². The molecule has 0 radical (unpaired) electrons. The van der Waals surface area contributed by atoms with Gasteiger partial charge in [0.05, 0.1) is 19.3 Å². The Morgan fingerprint density at radius 3 is 3.06 bits per heavy atom. The summed E-state index contributed by atoms with van der Waals surface area (Å²) in [5, 5.41) is 0. The number of carbonyl (C=O) groups is 1. The molecule has 0 bridgehead atoms. The van der Waals surface area contributed by atoms with Crippen LogP contribution in [0.5, 0.6) is 5.75 Å². The molecule has 0 saturated heterocycles. The first-order valence-corrected chi connectivity index (χ1v) is 5.73. The molecule has 0 fully saturated rings. The van der Waals surface area contributed by atoms with E-state index in [-0.39, 0.29) is 5.97 Å². The van der Waals surface area contributed by atoms with Crippen LogP contribution >= 0.6 is 15.9 Å². The highest BCUT2D eigenvalue weighted by Gasteiger charge is 2.19. The normalized spacial score (nSPS) is 14.2. The van der Waals surface area contributed by atoms with Crippen molar-refractivity contribution in [2.24, 2.45) is 0 Å². The molecule has 1 aromatic rings. The van der Waals surface area contributed by atoms with Gasteiger partial charge in [-0.2, -0.15) is 0 Å². The van der Waals surface area contributed by atoms with Gasteiger partial charge in [-0.3, -0.25) is 0 Å². The fourth-order valence-corrected chi connectivity index (χ4v) is 1.96. The van der Waals surface area contributed by atoms with Gasteiger partial charge in [0.25, 0.3) is 0 Å². The van der Waals surface area contributed by atoms with Crippen molar-refractivity contribution >= 4 is 27.5 Å². The van der Waals surface area contributed by atoms with Gasteiger partial charge in [0.15, 0.2) is 0 Å². The van der Waals surface area contributed by atoms with Gasteiger partial charge < -0.3 is 9.47 Å². The highest BCUT2D eigenvalue weighted by Crippen LogP contribution is 2.32. The van der Waals surface area contributed by atoms with Gasteiger partial charge in [-0.05, 0) is 18.2 Å². The molecule has 3 nitrogen and oxygen atoms in total. The van der Waals surface area contributed by atoms with Crippen LogP contribution in [-0.2, 0) is 9.53 Å². The summed E-state index contributed by atoms with van der Waals surface area (Å²) >= 11 is 3.37. The predicted molar refractivity (Wildman–Crippen MR) is 64.2 cm³/mol. The van der Waals surface area contributed by atoms with Gasteiger partial charge in [-0.15, -0.1) is 0 Å². The van der Waals surface area contributed by atoms with E-state index in [2.05, 4.69) is 15.9 Å². The van der Waals surface area contributed by atoms with E-state index in [9.17, 15) is 4.79 Å². The minimum atomic E-state index is -0.325. The van der Waals surface area contributed by atoms with Crippen molar-refractivity contribution in [1.82, 2.24) is 0 Å². The Bertz CT molecular complexity index is 452. The van der Waals surface area contributed by atoms with E-state index < -0.39 is 0 Å². The maximum absolute atomic E-state index is 11.6. The molecule has 0 N–H and O–H groups in total. The van der Waals surface area contributed by atoms with Crippen LogP contribution in [0.25, 0.3) is 5.57 Å². The van der Waals surface area contributed by atoms with Crippen molar-refractivity contribution in [2.45, 2.75) is 6.42 Å². The van der Waals surface area contributed by atoms with Crippen molar-refractivity contribution in [3.63, 3.8) is 0 Å². The van der Waals surface area contributed by atoms with Gasteiger partial charge >= 0.3 is 5.97 Å². The Morgan fingerprint density at radius 1 is 1.50 bits per heavy atom. The van der Waals surface area contributed by atoms with Crippen LogP contribution < -0.4 is 4.74 Å². The molecule has 1 aliphatic heterocycles. The van der Waals surface area contributed by atoms with Crippen LogP contribution in [0.1, 0.15) is 12.0 Å².